The molecule has 2 rings (SSSR count). The van der Waals surface area contributed by atoms with Gasteiger partial charge in [-0.2, -0.15) is 13.9 Å². The predicted molar refractivity (Wildman–Crippen MR) is 57.0 cm³/mol. The van der Waals surface area contributed by atoms with Crippen molar-refractivity contribution in [2.24, 2.45) is 5.73 Å². The number of hydrogen-bond acceptors (Lipinski definition) is 2. The van der Waals surface area contributed by atoms with E-state index in [4.69, 9.17) is 5.73 Å². The van der Waals surface area contributed by atoms with E-state index in [9.17, 15) is 8.78 Å². The van der Waals surface area contributed by atoms with Gasteiger partial charge in [0.15, 0.2) is 0 Å². The third-order valence-corrected chi connectivity index (χ3v) is 2.30. The Balaban J connectivity index is 2.34. The van der Waals surface area contributed by atoms with Gasteiger partial charge in [0.25, 0.3) is 0 Å². The molecule has 3 nitrogen and oxygen atoms in total. The number of H-pyrrole nitrogens is 1. The second kappa shape index (κ2) is 4.02. The molecule has 0 aliphatic heterocycles. The Bertz CT molecular complexity index is 465. The van der Waals surface area contributed by atoms with Crippen molar-refractivity contribution in [2.75, 3.05) is 6.54 Å². The Labute approximate surface area is 91.3 Å². The van der Waals surface area contributed by atoms with Crippen molar-refractivity contribution in [3.05, 3.63) is 42.1 Å². The molecule has 16 heavy (non-hydrogen) atoms. The molecule has 1 heterocycles. The zero-order chi connectivity index (χ0) is 11.6. The van der Waals surface area contributed by atoms with Crippen LogP contribution in [0.1, 0.15) is 5.69 Å². The standard InChI is InChI=1S/C11H11F2N3/c12-11(13,7-14)10-6-9(15-16-10)8-4-2-1-3-5-8/h1-6H,7,14H2,(H,15,16). The number of halogens is 2. The maximum atomic E-state index is 13.2. The molecule has 5 heteroatoms. The molecule has 0 fully saturated rings. The largest absolute Gasteiger partial charge is 0.325 e. The van der Waals surface area contributed by atoms with Crippen LogP contribution in [-0.2, 0) is 5.92 Å². The lowest BCUT2D eigenvalue weighted by Crippen LogP contribution is -2.25. The lowest BCUT2D eigenvalue weighted by Gasteiger charge is -2.09. The van der Waals surface area contributed by atoms with Gasteiger partial charge in [-0.15, -0.1) is 0 Å². The van der Waals surface area contributed by atoms with Crippen molar-refractivity contribution in [1.82, 2.24) is 10.2 Å². The lowest BCUT2D eigenvalue weighted by atomic mass is 10.1. The number of alkyl halides is 2. The maximum absolute atomic E-state index is 13.2. The molecule has 0 atom stereocenters. The highest BCUT2D eigenvalue weighted by Gasteiger charge is 2.31. The maximum Gasteiger partial charge on any atom is 0.301 e. The number of nitrogens with zero attached hydrogens (tertiary/aromatic N) is 1. The molecule has 0 amide bonds. The molecule has 1 aromatic heterocycles. The van der Waals surface area contributed by atoms with Gasteiger partial charge < -0.3 is 5.73 Å². The van der Waals surface area contributed by atoms with Gasteiger partial charge in [-0.1, -0.05) is 30.3 Å². The molecule has 0 aliphatic carbocycles. The van der Waals surface area contributed by atoms with Crippen molar-refractivity contribution in [2.45, 2.75) is 5.92 Å². The minimum Gasteiger partial charge on any atom is -0.325 e. The van der Waals surface area contributed by atoms with Gasteiger partial charge in [0.2, 0.25) is 0 Å². The second-order valence-corrected chi connectivity index (χ2v) is 3.44. The van der Waals surface area contributed by atoms with Crippen LogP contribution in [0.2, 0.25) is 0 Å². The number of benzene rings is 1. The van der Waals surface area contributed by atoms with Crippen molar-refractivity contribution in [3.63, 3.8) is 0 Å². The first-order valence-corrected chi connectivity index (χ1v) is 4.83. The van der Waals surface area contributed by atoms with E-state index in [2.05, 4.69) is 10.2 Å². The quantitative estimate of drug-likeness (QED) is 0.837. The number of aromatic nitrogens is 2. The molecule has 0 aliphatic rings. The topological polar surface area (TPSA) is 54.7 Å². The van der Waals surface area contributed by atoms with Gasteiger partial charge in [0, 0.05) is 5.56 Å². The molecule has 84 valence electrons. The number of rotatable bonds is 3. The third-order valence-electron chi connectivity index (χ3n) is 2.30. The number of aromatic amines is 1. The average molecular weight is 223 g/mol. The van der Waals surface area contributed by atoms with Gasteiger partial charge in [0.1, 0.15) is 5.69 Å². The average Bonchev–Trinajstić information content (AvgIpc) is 2.80. The minimum atomic E-state index is -3.06. The summed E-state index contributed by atoms with van der Waals surface area (Å²) < 4.78 is 26.4. The summed E-state index contributed by atoms with van der Waals surface area (Å²) in [5, 5.41) is 6.16. The number of hydrogen-bond donors (Lipinski definition) is 2. The third kappa shape index (κ3) is 1.94. The number of nitrogens with one attached hydrogen (secondary N) is 1. The van der Waals surface area contributed by atoms with Gasteiger partial charge >= 0.3 is 5.92 Å². The smallest absolute Gasteiger partial charge is 0.301 e. The molecule has 2 aromatic rings. The fourth-order valence-corrected chi connectivity index (χ4v) is 1.38. The van der Waals surface area contributed by atoms with Crippen LogP contribution in [0.15, 0.2) is 36.4 Å². The summed E-state index contributed by atoms with van der Waals surface area (Å²) >= 11 is 0. The summed E-state index contributed by atoms with van der Waals surface area (Å²) in [5.74, 6) is -3.06. The van der Waals surface area contributed by atoms with Crippen molar-refractivity contribution < 1.29 is 8.78 Å². The fourth-order valence-electron chi connectivity index (χ4n) is 1.38. The molecule has 0 unspecified atom stereocenters. The van der Waals surface area contributed by atoms with Gasteiger partial charge in [0.05, 0.1) is 12.2 Å². The molecular formula is C11H11F2N3. The van der Waals surface area contributed by atoms with E-state index < -0.39 is 12.5 Å². The zero-order valence-corrected chi connectivity index (χ0v) is 8.45. The van der Waals surface area contributed by atoms with Crippen LogP contribution >= 0.6 is 0 Å². The molecular weight excluding hydrogens is 212 g/mol. The molecule has 0 bridgehead atoms. The van der Waals surface area contributed by atoms with Gasteiger partial charge in [-0.25, -0.2) is 0 Å². The Kier molecular flexibility index (Phi) is 2.70. The van der Waals surface area contributed by atoms with Gasteiger partial charge in [-0.05, 0) is 6.07 Å². The van der Waals surface area contributed by atoms with E-state index in [0.29, 0.717) is 5.69 Å². The summed E-state index contributed by atoms with van der Waals surface area (Å²) in [6.07, 6.45) is 0. The molecule has 0 radical (unpaired) electrons. The van der Waals surface area contributed by atoms with E-state index in [0.717, 1.165) is 5.56 Å². The molecule has 0 saturated carbocycles. The Hall–Kier alpha value is -1.75. The van der Waals surface area contributed by atoms with Crippen molar-refractivity contribution >= 4 is 0 Å². The van der Waals surface area contributed by atoms with Crippen LogP contribution in [-0.4, -0.2) is 16.7 Å². The molecule has 0 saturated heterocycles. The molecule has 1 aromatic carbocycles. The van der Waals surface area contributed by atoms with Crippen LogP contribution in [0, 0.1) is 0 Å². The Morgan fingerprint density at radius 1 is 1.25 bits per heavy atom. The van der Waals surface area contributed by atoms with E-state index in [1.165, 1.54) is 6.07 Å². The van der Waals surface area contributed by atoms with Crippen molar-refractivity contribution in [1.29, 1.82) is 0 Å². The second-order valence-electron chi connectivity index (χ2n) is 3.44. The van der Waals surface area contributed by atoms with E-state index in [1.807, 2.05) is 18.2 Å². The van der Waals surface area contributed by atoms with E-state index >= 15 is 0 Å². The van der Waals surface area contributed by atoms with Gasteiger partial charge in [-0.3, -0.25) is 5.10 Å². The fraction of sp³-hybridized carbons (Fsp3) is 0.182. The Morgan fingerprint density at radius 3 is 2.56 bits per heavy atom. The first-order chi connectivity index (χ1) is 7.63. The number of nitrogens with two attached hydrogens (primary N) is 1. The van der Waals surface area contributed by atoms with E-state index in [-0.39, 0.29) is 5.69 Å². The Morgan fingerprint density at radius 2 is 1.94 bits per heavy atom. The summed E-state index contributed by atoms with van der Waals surface area (Å²) in [6.45, 7) is -0.733. The SMILES string of the molecule is NCC(F)(F)c1cc(-c2ccccc2)n[nH]1. The van der Waals surface area contributed by atoms with Crippen LogP contribution in [0.4, 0.5) is 8.78 Å². The van der Waals surface area contributed by atoms with Crippen molar-refractivity contribution in [3.8, 4) is 11.3 Å². The first kappa shape index (κ1) is 10.8. The van der Waals surface area contributed by atoms with Crippen LogP contribution < -0.4 is 5.73 Å². The summed E-state index contributed by atoms with van der Waals surface area (Å²) in [5.41, 5.74) is 6.01. The zero-order valence-electron chi connectivity index (χ0n) is 8.45. The van der Waals surface area contributed by atoms with E-state index in [1.54, 1.807) is 12.1 Å². The van der Waals surface area contributed by atoms with Crippen LogP contribution in [0.25, 0.3) is 11.3 Å². The van der Waals surface area contributed by atoms with Crippen LogP contribution in [0.3, 0.4) is 0 Å². The summed E-state index contributed by atoms with van der Waals surface area (Å²) in [4.78, 5) is 0. The highest BCUT2D eigenvalue weighted by molar-refractivity contribution is 5.59. The summed E-state index contributed by atoms with van der Waals surface area (Å²) in [6, 6.07) is 10.4. The lowest BCUT2D eigenvalue weighted by molar-refractivity contribution is 0.00135. The predicted octanol–water partition coefficient (Wildman–Crippen LogP) is 2.13. The molecule has 0 spiro atoms. The monoisotopic (exact) mass is 223 g/mol. The van der Waals surface area contributed by atoms with Crippen LogP contribution in [0.5, 0.6) is 0 Å². The normalized spacial score (nSPS) is 11.7. The highest BCUT2D eigenvalue weighted by Crippen LogP contribution is 2.27. The molecule has 3 N–H and O–H groups in total. The highest BCUT2D eigenvalue weighted by atomic mass is 19.3. The summed E-state index contributed by atoms with van der Waals surface area (Å²) in [7, 11) is 0. The first-order valence-electron chi connectivity index (χ1n) is 4.83. The minimum absolute atomic E-state index is 0.256.